The summed E-state index contributed by atoms with van der Waals surface area (Å²) in [4.78, 5) is 28.0. The topological polar surface area (TPSA) is 119 Å². The Hall–Kier alpha value is -3.85. The number of nitrogen functional groups attached to an aromatic ring is 1. The summed E-state index contributed by atoms with van der Waals surface area (Å²) >= 11 is 0. The lowest BCUT2D eigenvalue weighted by molar-refractivity contribution is 0.0984. The predicted molar refractivity (Wildman–Crippen MR) is 121 cm³/mol. The minimum Gasteiger partial charge on any atom is -0.384 e. The number of nitrogens with two attached hydrogens (primary N) is 1. The van der Waals surface area contributed by atoms with Gasteiger partial charge in [0.1, 0.15) is 5.82 Å². The van der Waals surface area contributed by atoms with E-state index in [9.17, 15) is 13.2 Å². The molecule has 0 saturated carbocycles. The lowest BCUT2D eigenvalue weighted by Crippen LogP contribution is -2.31. The highest BCUT2D eigenvalue weighted by Gasteiger charge is 2.33. The number of carbonyl (C=O) groups excluding carboxylic acids is 1. The molecule has 0 saturated heterocycles. The van der Waals surface area contributed by atoms with Crippen molar-refractivity contribution < 1.29 is 13.2 Å². The number of hydrogen-bond acceptors (Lipinski definition) is 7. The fourth-order valence-electron chi connectivity index (χ4n) is 3.93. The molecule has 32 heavy (non-hydrogen) atoms. The van der Waals surface area contributed by atoms with Gasteiger partial charge in [-0.25, -0.2) is 13.4 Å². The molecule has 1 aliphatic rings. The molecule has 5 rings (SSSR count). The average molecular weight is 446 g/mol. The molecule has 4 heterocycles. The van der Waals surface area contributed by atoms with Crippen LogP contribution in [-0.4, -0.2) is 35.0 Å². The molecular formula is C23H19N5O3S. The van der Waals surface area contributed by atoms with E-state index in [0.29, 0.717) is 40.1 Å². The number of aromatic nitrogens is 3. The van der Waals surface area contributed by atoms with Crippen LogP contribution in [0.5, 0.6) is 0 Å². The number of nitrogens with zero attached hydrogens (tertiary/aromatic N) is 4. The van der Waals surface area contributed by atoms with Crippen LogP contribution in [0.2, 0.25) is 0 Å². The molecule has 0 spiro atoms. The van der Waals surface area contributed by atoms with E-state index in [2.05, 4.69) is 15.0 Å². The van der Waals surface area contributed by atoms with Gasteiger partial charge < -0.3 is 10.6 Å². The Bertz CT molecular complexity index is 1460. The van der Waals surface area contributed by atoms with E-state index in [1.165, 1.54) is 11.1 Å². The number of aryl methyl sites for hydroxylation is 1. The molecule has 0 bridgehead atoms. The van der Waals surface area contributed by atoms with E-state index in [4.69, 9.17) is 5.73 Å². The number of amides is 1. The van der Waals surface area contributed by atoms with Crippen molar-refractivity contribution in [2.45, 2.75) is 17.9 Å². The normalized spacial score (nSPS) is 14.2. The predicted octanol–water partition coefficient (Wildman–Crippen LogP) is 2.78. The highest BCUT2D eigenvalue weighted by Crippen LogP contribution is 2.36. The second-order valence-electron chi connectivity index (χ2n) is 7.59. The largest absolute Gasteiger partial charge is 0.384 e. The van der Waals surface area contributed by atoms with Gasteiger partial charge in [-0.1, -0.05) is 12.1 Å². The van der Waals surface area contributed by atoms with Gasteiger partial charge in [0.2, 0.25) is 0 Å². The van der Waals surface area contributed by atoms with Crippen molar-refractivity contribution in [2.75, 3.05) is 16.4 Å². The van der Waals surface area contributed by atoms with E-state index in [0.717, 1.165) is 5.56 Å². The molecular weight excluding hydrogens is 426 g/mol. The number of hydrogen-bond donors (Lipinski definition) is 1. The maximum Gasteiger partial charge on any atom is 0.260 e. The Labute approximate surface area is 184 Å². The molecule has 1 amide bonds. The van der Waals surface area contributed by atoms with Crippen LogP contribution in [0.3, 0.4) is 0 Å². The summed E-state index contributed by atoms with van der Waals surface area (Å²) in [5.74, 6) is 0.0515. The number of carbonyl (C=O) groups is 1. The summed E-state index contributed by atoms with van der Waals surface area (Å²) in [7, 11) is -3.48. The van der Waals surface area contributed by atoms with Crippen molar-refractivity contribution in [3.05, 3.63) is 83.8 Å². The van der Waals surface area contributed by atoms with Crippen LogP contribution >= 0.6 is 0 Å². The van der Waals surface area contributed by atoms with Crippen LogP contribution in [0, 0.1) is 0 Å². The summed E-state index contributed by atoms with van der Waals surface area (Å²) < 4.78 is 25.6. The number of pyridine rings is 3. The Morgan fingerprint density at radius 1 is 1.06 bits per heavy atom. The molecule has 8 nitrogen and oxygen atoms in total. The van der Waals surface area contributed by atoms with E-state index in [-0.39, 0.29) is 23.1 Å². The van der Waals surface area contributed by atoms with Crippen molar-refractivity contribution in [1.29, 1.82) is 0 Å². The summed E-state index contributed by atoms with van der Waals surface area (Å²) in [6.07, 6.45) is 5.13. The molecule has 0 radical (unpaired) electrons. The average Bonchev–Trinajstić information content (AvgIpc) is 3.12. The molecule has 1 aromatic carbocycles. The standard InChI is InChI=1S/C23H19N5O3S/c24-21-7-6-18-19(27-21)11-15(12-26-18)14-28(23(29)17-4-2-9-25-13-17)20-5-1-3-16-8-10-32(30,31)22(16)20/h1-7,9,11-13H,8,10,14H2,(H2,24,27). The van der Waals surface area contributed by atoms with Crippen LogP contribution in [0.1, 0.15) is 21.5 Å². The molecule has 0 aliphatic carbocycles. The first-order valence-corrected chi connectivity index (χ1v) is 11.7. The summed E-state index contributed by atoms with van der Waals surface area (Å²) in [6.45, 7) is 0.110. The van der Waals surface area contributed by atoms with Gasteiger partial charge in [-0.3, -0.25) is 14.8 Å². The highest BCUT2D eigenvalue weighted by molar-refractivity contribution is 7.91. The van der Waals surface area contributed by atoms with E-state index in [1.807, 2.05) is 0 Å². The third-order valence-electron chi connectivity index (χ3n) is 5.43. The monoisotopic (exact) mass is 445 g/mol. The quantitative estimate of drug-likeness (QED) is 0.513. The maximum atomic E-state index is 13.5. The van der Waals surface area contributed by atoms with Gasteiger partial charge in [0.15, 0.2) is 9.84 Å². The Balaban J connectivity index is 1.64. The summed E-state index contributed by atoms with van der Waals surface area (Å²) in [5, 5.41) is 0. The van der Waals surface area contributed by atoms with Gasteiger partial charge in [0.05, 0.1) is 39.5 Å². The number of benzene rings is 1. The lowest BCUT2D eigenvalue weighted by atomic mass is 10.1. The van der Waals surface area contributed by atoms with Gasteiger partial charge in [0, 0.05) is 18.6 Å². The smallest absolute Gasteiger partial charge is 0.260 e. The molecule has 160 valence electrons. The molecule has 3 aromatic heterocycles. The Morgan fingerprint density at radius 2 is 1.94 bits per heavy atom. The molecule has 9 heteroatoms. The van der Waals surface area contributed by atoms with E-state index < -0.39 is 9.84 Å². The first-order chi connectivity index (χ1) is 15.4. The third kappa shape index (κ3) is 3.56. The Kier molecular flexibility index (Phi) is 4.82. The molecule has 1 aliphatic heterocycles. The number of anilines is 2. The zero-order chi connectivity index (χ0) is 22.3. The van der Waals surface area contributed by atoms with Gasteiger partial charge in [0.25, 0.3) is 5.91 Å². The molecule has 4 aromatic rings. The minimum atomic E-state index is -3.48. The number of rotatable bonds is 4. The fourth-order valence-corrected chi connectivity index (χ4v) is 5.69. The fraction of sp³-hybridized carbons (Fsp3) is 0.130. The van der Waals surface area contributed by atoms with Crippen molar-refractivity contribution >= 4 is 38.3 Å². The van der Waals surface area contributed by atoms with E-state index >= 15 is 0 Å². The second-order valence-corrected chi connectivity index (χ2v) is 9.63. The van der Waals surface area contributed by atoms with Gasteiger partial charge >= 0.3 is 0 Å². The van der Waals surface area contributed by atoms with Crippen LogP contribution in [-0.2, 0) is 22.8 Å². The molecule has 0 atom stereocenters. The first kappa shape index (κ1) is 20.1. The molecule has 0 unspecified atom stereocenters. The molecule has 2 N–H and O–H groups in total. The first-order valence-electron chi connectivity index (χ1n) is 10.00. The zero-order valence-corrected chi connectivity index (χ0v) is 17.8. The third-order valence-corrected chi connectivity index (χ3v) is 7.26. The SMILES string of the molecule is Nc1ccc2ncc(CN(C(=O)c3cccnc3)c3cccc4c3S(=O)(=O)CC4)cc2n1. The van der Waals surface area contributed by atoms with Gasteiger partial charge in [-0.15, -0.1) is 0 Å². The van der Waals surface area contributed by atoms with Gasteiger partial charge in [-0.2, -0.15) is 0 Å². The van der Waals surface area contributed by atoms with Crippen molar-refractivity contribution in [3.63, 3.8) is 0 Å². The van der Waals surface area contributed by atoms with Crippen LogP contribution < -0.4 is 10.6 Å². The summed E-state index contributed by atoms with van der Waals surface area (Å²) in [6, 6.07) is 13.8. The van der Waals surface area contributed by atoms with Crippen molar-refractivity contribution in [2.24, 2.45) is 0 Å². The van der Waals surface area contributed by atoms with Crippen LogP contribution in [0.25, 0.3) is 11.0 Å². The maximum absolute atomic E-state index is 13.5. The number of fused-ring (bicyclic) bond motifs is 2. The summed E-state index contributed by atoms with van der Waals surface area (Å²) in [5.41, 5.74) is 9.21. The molecule has 0 fully saturated rings. The highest BCUT2D eigenvalue weighted by atomic mass is 32.2. The van der Waals surface area contributed by atoms with E-state index in [1.54, 1.807) is 60.9 Å². The van der Waals surface area contributed by atoms with Crippen LogP contribution in [0.15, 0.2) is 72.0 Å². The van der Waals surface area contributed by atoms with Crippen molar-refractivity contribution in [1.82, 2.24) is 15.0 Å². The Morgan fingerprint density at radius 3 is 2.75 bits per heavy atom. The number of sulfone groups is 1. The lowest BCUT2D eigenvalue weighted by Gasteiger charge is -2.25. The zero-order valence-electron chi connectivity index (χ0n) is 17.0. The van der Waals surface area contributed by atoms with Gasteiger partial charge in [-0.05, 0) is 53.9 Å². The van der Waals surface area contributed by atoms with Crippen molar-refractivity contribution in [3.8, 4) is 0 Å². The van der Waals surface area contributed by atoms with Crippen LogP contribution in [0.4, 0.5) is 11.5 Å². The second kappa shape index (κ2) is 7.69. The minimum absolute atomic E-state index is 0.0367.